The van der Waals surface area contributed by atoms with Crippen molar-refractivity contribution in [1.29, 1.82) is 0 Å². The first-order chi connectivity index (χ1) is 18.8. The number of nitrogens with one attached hydrogen (secondary N) is 1. The molecule has 0 unspecified atom stereocenters. The van der Waals surface area contributed by atoms with Crippen LogP contribution >= 0.6 is 23.2 Å². The lowest BCUT2D eigenvalue weighted by atomic mass is 10.1. The Morgan fingerprint density at radius 2 is 1.64 bits per heavy atom. The number of rotatable bonds is 10. The van der Waals surface area contributed by atoms with Crippen LogP contribution in [0.4, 0.5) is 10.5 Å². The molecule has 3 aromatic carbocycles. The molecular formula is C29H26Cl2N2O6. The van der Waals surface area contributed by atoms with Crippen LogP contribution in [0.25, 0.3) is 6.08 Å². The maximum absolute atomic E-state index is 13.3. The van der Waals surface area contributed by atoms with Crippen molar-refractivity contribution in [2.24, 2.45) is 0 Å². The van der Waals surface area contributed by atoms with Crippen LogP contribution in [-0.4, -0.2) is 31.1 Å². The second kappa shape index (κ2) is 12.7. The molecule has 1 saturated heterocycles. The Morgan fingerprint density at radius 1 is 0.897 bits per heavy atom. The summed E-state index contributed by atoms with van der Waals surface area (Å²) in [7, 11) is 0. The average Bonchev–Trinajstić information content (AvgIpc) is 2.91. The molecule has 4 rings (SSSR count). The third-order valence-corrected chi connectivity index (χ3v) is 6.29. The molecule has 0 radical (unpaired) electrons. The minimum Gasteiger partial charge on any atom is -0.494 e. The summed E-state index contributed by atoms with van der Waals surface area (Å²) in [6.45, 7) is 4.80. The highest BCUT2D eigenvalue weighted by molar-refractivity contribution is 6.39. The maximum atomic E-state index is 13.3. The van der Waals surface area contributed by atoms with Crippen LogP contribution in [0.3, 0.4) is 0 Å². The standard InChI is InChI=1S/C29H26Cl2N2O6/c1-3-13-38-21-11-9-20(10-12-21)33-28(35)22(27(34)32-29(33)36)14-18-15-24(31)26(25(16-18)37-4-2)39-17-19-7-5-6-8-23(19)30/h5-12,14-16H,3-4,13,17H2,1-2H3,(H,32,34,36)/b22-14-. The van der Waals surface area contributed by atoms with Crippen molar-refractivity contribution >= 4 is 52.8 Å². The molecule has 3 aromatic rings. The molecule has 0 spiro atoms. The predicted octanol–water partition coefficient (Wildman–Crippen LogP) is 6.43. The van der Waals surface area contributed by atoms with Crippen LogP contribution in [0.1, 0.15) is 31.4 Å². The van der Waals surface area contributed by atoms with Crippen molar-refractivity contribution in [1.82, 2.24) is 5.32 Å². The van der Waals surface area contributed by atoms with E-state index in [0.29, 0.717) is 41.0 Å². The van der Waals surface area contributed by atoms with Crippen LogP contribution in [-0.2, 0) is 16.2 Å². The second-order valence-corrected chi connectivity index (χ2v) is 9.26. The molecule has 1 aliphatic heterocycles. The maximum Gasteiger partial charge on any atom is 0.335 e. The van der Waals surface area contributed by atoms with Gasteiger partial charge in [-0.1, -0.05) is 48.3 Å². The predicted molar refractivity (Wildman–Crippen MR) is 150 cm³/mol. The van der Waals surface area contributed by atoms with Gasteiger partial charge in [0.1, 0.15) is 17.9 Å². The van der Waals surface area contributed by atoms with Gasteiger partial charge in [-0.2, -0.15) is 0 Å². The summed E-state index contributed by atoms with van der Waals surface area (Å²) in [6, 6.07) is 16.0. The van der Waals surface area contributed by atoms with Crippen LogP contribution in [0.2, 0.25) is 10.0 Å². The second-order valence-electron chi connectivity index (χ2n) is 8.44. The summed E-state index contributed by atoms with van der Waals surface area (Å²) >= 11 is 12.8. The van der Waals surface area contributed by atoms with Crippen LogP contribution in [0.15, 0.2) is 66.2 Å². The van der Waals surface area contributed by atoms with E-state index in [-0.39, 0.29) is 22.9 Å². The van der Waals surface area contributed by atoms with Gasteiger partial charge >= 0.3 is 6.03 Å². The van der Waals surface area contributed by atoms with Crippen molar-refractivity contribution in [2.45, 2.75) is 26.9 Å². The van der Waals surface area contributed by atoms with Crippen LogP contribution < -0.4 is 24.4 Å². The highest BCUT2D eigenvalue weighted by Gasteiger charge is 2.37. The number of hydrogen-bond donors (Lipinski definition) is 1. The molecule has 1 aliphatic rings. The monoisotopic (exact) mass is 568 g/mol. The van der Waals surface area contributed by atoms with Gasteiger partial charge in [0.15, 0.2) is 11.5 Å². The van der Waals surface area contributed by atoms with Gasteiger partial charge in [-0.05, 0) is 67.4 Å². The molecule has 4 amide bonds. The van der Waals surface area contributed by atoms with Crippen molar-refractivity contribution in [3.8, 4) is 17.2 Å². The quantitative estimate of drug-likeness (QED) is 0.224. The third kappa shape index (κ3) is 6.53. The minimum atomic E-state index is -0.847. The summed E-state index contributed by atoms with van der Waals surface area (Å²) < 4.78 is 17.2. The Morgan fingerprint density at radius 3 is 2.33 bits per heavy atom. The fourth-order valence-corrected chi connectivity index (χ4v) is 4.27. The van der Waals surface area contributed by atoms with Gasteiger partial charge in [0.25, 0.3) is 11.8 Å². The van der Waals surface area contributed by atoms with Gasteiger partial charge in [0.2, 0.25) is 0 Å². The van der Waals surface area contributed by atoms with E-state index in [2.05, 4.69) is 5.32 Å². The number of amides is 4. The number of imide groups is 2. The lowest BCUT2D eigenvalue weighted by molar-refractivity contribution is -0.122. The van der Waals surface area contributed by atoms with Gasteiger partial charge in [-0.3, -0.25) is 14.9 Å². The zero-order chi connectivity index (χ0) is 27.9. The number of ether oxygens (including phenoxy) is 3. The first kappa shape index (κ1) is 28.0. The Balaban J connectivity index is 1.62. The average molecular weight is 569 g/mol. The molecule has 10 heteroatoms. The van der Waals surface area contributed by atoms with E-state index in [1.54, 1.807) is 49.4 Å². The molecule has 8 nitrogen and oxygen atoms in total. The number of nitrogens with zero attached hydrogens (tertiary/aromatic N) is 1. The Hall–Kier alpha value is -4.01. The minimum absolute atomic E-state index is 0.153. The van der Waals surface area contributed by atoms with E-state index < -0.39 is 17.8 Å². The normalized spacial score (nSPS) is 14.4. The third-order valence-electron chi connectivity index (χ3n) is 5.64. The zero-order valence-corrected chi connectivity index (χ0v) is 22.8. The number of urea groups is 1. The fraction of sp³-hybridized carbons (Fsp3) is 0.207. The van der Waals surface area contributed by atoms with Gasteiger partial charge in [-0.15, -0.1) is 0 Å². The molecule has 0 saturated carbocycles. The van der Waals surface area contributed by atoms with E-state index in [1.807, 2.05) is 25.1 Å². The SMILES string of the molecule is CCCOc1ccc(N2C(=O)NC(=O)/C(=C/c3cc(Cl)c(OCc4ccccc4Cl)c(OCC)c3)C2=O)cc1. The lowest BCUT2D eigenvalue weighted by Gasteiger charge is -2.26. The molecule has 0 bridgehead atoms. The lowest BCUT2D eigenvalue weighted by Crippen LogP contribution is -2.54. The summed E-state index contributed by atoms with van der Waals surface area (Å²) in [4.78, 5) is 39.4. The van der Waals surface area contributed by atoms with Crippen molar-refractivity contribution < 1.29 is 28.6 Å². The summed E-state index contributed by atoms with van der Waals surface area (Å²) in [6.07, 6.45) is 2.19. The molecule has 0 aromatic heterocycles. The number of benzene rings is 3. The summed E-state index contributed by atoms with van der Waals surface area (Å²) in [5, 5.41) is 2.97. The molecule has 1 heterocycles. The molecule has 0 atom stereocenters. The zero-order valence-electron chi connectivity index (χ0n) is 21.3. The van der Waals surface area contributed by atoms with E-state index in [9.17, 15) is 14.4 Å². The van der Waals surface area contributed by atoms with Gasteiger partial charge in [-0.25, -0.2) is 9.69 Å². The number of halogens is 2. The smallest absolute Gasteiger partial charge is 0.335 e. The summed E-state index contributed by atoms with van der Waals surface area (Å²) in [5.41, 5.74) is 1.22. The molecule has 1 N–H and O–H groups in total. The van der Waals surface area contributed by atoms with Gasteiger partial charge < -0.3 is 14.2 Å². The molecular weight excluding hydrogens is 543 g/mol. The van der Waals surface area contributed by atoms with E-state index in [4.69, 9.17) is 37.4 Å². The number of anilines is 1. The molecule has 39 heavy (non-hydrogen) atoms. The number of carbonyl (C=O) groups is 3. The van der Waals surface area contributed by atoms with Crippen LogP contribution in [0.5, 0.6) is 17.2 Å². The van der Waals surface area contributed by atoms with E-state index >= 15 is 0 Å². The molecule has 202 valence electrons. The highest BCUT2D eigenvalue weighted by Crippen LogP contribution is 2.38. The first-order valence-electron chi connectivity index (χ1n) is 12.3. The fourth-order valence-electron chi connectivity index (χ4n) is 3.81. The number of hydrogen-bond acceptors (Lipinski definition) is 6. The Bertz CT molecular complexity index is 1420. The van der Waals surface area contributed by atoms with Crippen LogP contribution in [0, 0.1) is 0 Å². The van der Waals surface area contributed by atoms with E-state index in [1.165, 1.54) is 6.08 Å². The Labute approximate surface area is 236 Å². The molecule has 1 fully saturated rings. The van der Waals surface area contributed by atoms with E-state index in [0.717, 1.165) is 16.9 Å². The first-order valence-corrected chi connectivity index (χ1v) is 13.0. The van der Waals surface area contributed by atoms with Crippen molar-refractivity contribution in [3.63, 3.8) is 0 Å². The largest absolute Gasteiger partial charge is 0.494 e. The highest BCUT2D eigenvalue weighted by atomic mass is 35.5. The summed E-state index contributed by atoms with van der Waals surface area (Å²) in [5.74, 6) is -0.381. The number of barbiturate groups is 1. The molecule has 0 aliphatic carbocycles. The Kier molecular flexibility index (Phi) is 9.11. The van der Waals surface area contributed by atoms with Crippen molar-refractivity contribution in [2.75, 3.05) is 18.1 Å². The topological polar surface area (TPSA) is 94.2 Å². The van der Waals surface area contributed by atoms with Crippen molar-refractivity contribution in [3.05, 3.63) is 87.4 Å². The van der Waals surface area contributed by atoms with Gasteiger partial charge in [0, 0.05) is 10.6 Å². The number of carbonyl (C=O) groups excluding carboxylic acids is 3. The van der Waals surface area contributed by atoms with Gasteiger partial charge in [0.05, 0.1) is 23.9 Å².